The fourth-order valence-corrected chi connectivity index (χ4v) is 4.91. The zero-order valence-corrected chi connectivity index (χ0v) is 26.6. The van der Waals surface area contributed by atoms with Gasteiger partial charge in [0.05, 0.1) is 18.8 Å². The standard InChI is InChI=1S/C36H67NO3/c1-3-5-7-9-11-13-15-17-18-20-22-24-26-28-30-32-36(40)37-34(33-38)35(39)31-29-27-25-23-21-19-16-14-12-10-8-6-4-2/h11,13,17-18,29,31,34-35,38-39H,3-10,12,14-16,19-28,30,32-33H2,1-2H3,(H,37,40)/b13-11-,18-17-,31-29+/t34-,35+/m0/s1. The molecule has 4 heteroatoms. The van der Waals surface area contributed by atoms with Gasteiger partial charge in [-0.1, -0.05) is 147 Å². The van der Waals surface area contributed by atoms with Crippen molar-refractivity contribution in [3.8, 4) is 0 Å². The number of aliphatic hydroxyl groups is 2. The van der Waals surface area contributed by atoms with Gasteiger partial charge < -0.3 is 15.5 Å². The molecule has 0 aliphatic heterocycles. The van der Waals surface area contributed by atoms with E-state index in [-0.39, 0.29) is 12.5 Å². The molecule has 0 unspecified atom stereocenters. The molecule has 0 saturated heterocycles. The van der Waals surface area contributed by atoms with Crippen LogP contribution in [0.4, 0.5) is 0 Å². The highest BCUT2D eigenvalue weighted by Gasteiger charge is 2.17. The molecule has 234 valence electrons. The van der Waals surface area contributed by atoms with Crippen LogP contribution >= 0.6 is 0 Å². The minimum atomic E-state index is -0.841. The number of amides is 1. The summed E-state index contributed by atoms with van der Waals surface area (Å²) < 4.78 is 0. The van der Waals surface area contributed by atoms with Gasteiger partial charge in [0.15, 0.2) is 0 Å². The molecule has 0 radical (unpaired) electrons. The lowest BCUT2D eigenvalue weighted by Crippen LogP contribution is -2.45. The number of carbonyl (C=O) groups is 1. The highest BCUT2D eigenvalue weighted by atomic mass is 16.3. The molecule has 0 aromatic carbocycles. The van der Waals surface area contributed by atoms with Crippen LogP contribution in [0.3, 0.4) is 0 Å². The van der Waals surface area contributed by atoms with Crippen molar-refractivity contribution in [2.24, 2.45) is 0 Å². The third-order valence-corrected chi connectivity index (χ3v) is 7.62. The van der Waals surface area contributed by atoms with Crippen molar-refractivity contribution in [2.45, 2.75) is 180 Å². The first-order chi connectivity index (χ1) is 19.7. The normalized spacial score (nSPS) is 13.6. The molecule has 1 amide bonds. The van der Waals surface area contributed by atoms with E-state index in [4.69, 9.17) is 0 Å². The quantitative estimate of drug-likeness (QED) is 0.0603. The summed E-state index contributed by atoms with van der Waals surface area (Å²) in [5.74, 6) is -0.0810. The second kappa shape index (κ2) is 32.1. The van der Waals surface area contributed by atoms with E-state index in [0.29, 0.717) is 6.42 Å². The van der Waals surface area contributed by atoms with Gasteiger partial charge in [-0.15, -0.1) is 0 Å². The SMILES string of the molecule is CCCCC/C=C\C/C=C\CCCCCCCC(=O)N[C@@H](CO)[C@H](O)/C=C/CCCCCCCCCCCCC. The van der Waals surface area contributed by atoms with Crippen LogP contribution in [-0.4, -0.2) is 34.9 Å². The number of aliphatic hydroxyl groups excluding tert-OH is 2. The summed E-state index contributed by atoms with van der Waals surface area (Å²) in [5, 5.41) is 22.8. The summed E-state index contributed by atoms with van der Waals surface area (Å²) in [7, 11) is 0. The zero-order valence-electron chi connectivity index (χ0n) is 26.6. The average molecular weight is 562 g/mol. The van der Waals surface area contributed by atoms with E-state index in [9.17, 15) is 15.0 Å². The summed E-state index contributed by atoms with van der Waals surface area (Å²) in [4.78, 5) is 12.3. The number of unbranched alkanes of at least 4 members (excludes halogenated alkanes) is 19. The van der Waals surface area contributed by atoms with E-state index in [1.165, 1.54) is 103 Å². The second-order valence-electron chi connectivity index (χ2n) is 11.6. The van der Waals surface area contributed by atoms with Gasteiger partial charge in [-0.25, -0.2) is 0 Å². The number of carbonyl (C=O) groups excluding carboxylic acids is 1. The largest absolute Gasteiger partial charge is 0.394 e. The highest BCUT2D eigenvalue weighted by molar-refractivity contribution is 5.76. The first kappa shape index (κ1) is 38.6. The first-order valence-electron chi connectivity index (χ1n) is 17.2. The molecule has 0 rings (SSSR count). The van der Waals surface area contributed by atoms with Gasteiger partial charge in [0.2, 0.25) is 5.91 Å². The Hall–Kier alpha value is -1.39. The number of allylic oxidation sites excluding steroid dienone is 5. The predicted octanol–water partition coefficient (Wildman–Crippen LogP) is 9.90. The van der Waals surface area contributed by atoms with Crippen LogP contribution in [0, 0.1) is 0 Å². The van der Waals surface area contributed by atoms with Gasteiger partial charge in [-0.3, -0.25) is 4.79 Å². The van der Waals surface area contributed by atoms with Crippen molar-refractivity contribution in [1.29, 1.82) is 0 Å². The maximum Gasteiger partial charge on any atom is 0.220 e. The first-order valence-corrected chi connectivity index (χ1v) is 17.2. The maximum atomic E-state index is 12.3. The molecule has 0 heterocycles. The van der Waals surface area contributed by atoms with Crippen molar-refractivity contribution < 1.29 is 15.0 Å². The summed E-state index contributed by atoms with van der Waals surface area (Å²) in [6.45, 7) is 4.25. The predicted molar refractivity (Wildman–Crippen MR) is 175 cm³/mol. The smallest absolute Gasteiger partial charge is 0.220 e. The molecule has 4 nitrogen and oxygen atoms in total. The van der Waals surface area contributed by atoms with Gasteiger partial charge in [0.25, 0.3) is 0 Å². The van der Waals surface area contributed by atoms with Gasteiger partial charge >= 0.3 is 0 Å². The Morgan fingerprint density at radius 1 is 0.600 bits per heavy atom. The van der Waals surface area contributed by atoms with Crippen LogP contribution < -0.4 is 5.32 Å². The fourth-order valence-electron chi connectivity index (χ4n) is 4.91. The summed E-state index contributed by atoms with van der Waals surface area (Å²) >= 11 is 0. The lowest BCUT2D eigenvalue weighted by molar-refractivity contribution is -0.123. The van der Waals surface area contributed by atoms with E-state index in [2.05, 4.69) is 43.5 Å². The van der Waals surface area contributed by atoms with E-state index < -0.39 is 12.1 Å². The monoisotopic (exact) mass is 562 g/mol. The molecule has 0 aromatic heterocycles. The Morgan fingerprint density at radius 3 is 1.55 bits per heavy atom. The minimum absolute atomic E-state index is 0.0810. The van der Waals surface area contributed by atoms with E-state index in [0.717, 1.165) is 44.9 Å². The Kier molecular flexibility index (Phi) is 31.0. The minimum Gasteiger partial charge on any atom is -0.394 e. The highest BCUT2D eigenvalue weighted by Crippen LogP contribution is 2.13. The second-order valence-corrected chi connectivity index (χ2v) is 11.6. The fraction of sp³-hybridized carbons (Fsp3) is 0.806. The average Bonchev–Trinajstić information content (AvgIpc) is 2.96. The summed E-state index contributed by atoms with van der Waals surface area (Å²) in [6.07, 6.45) is 40.7. The Morgan fingerprint density at radius 2 is 1.02 bits per heavy atom. The van der Waals surface area contributed by atoms with Crippen LogP contribution in [0.25, 0.3) is 0 Å². The molecule has 0 spiro atoms. The molecule has 2 atom stereocenters. The van der Waals surface area contributed by atoms with Crippen LogP contribution in [-0.2, 0) is 4.79 Å². The third-order valence-electron chi connectivity index (χ3n) is 7.62. The van der Waals surface area contributed by atoms with Crippen molar-refractivity contribution >= 4 is 5.91 Å². The van der Waals surface area contributed by atoms with Crippen LogP contribution in [0.15, 0.2) is 36.5 Å². The topological polar surface area (TPSA) is 69.6 Å². The molecular weight excluding hydrogens is 494 g/mol. The van der Waals surface area contributed by atoms with Crippen molar-refractivity contribution in [3.05, 3.63) is 36.5 Å². The van der Waals surface area contributed by atoms with Crippen molar-refractivity contribution in [3.63, 3.8) is 0 Å². The van der Waals surface area contributed by atoms with E-state index in [1.807, 2.05) is 6.08 Å². The molecule has 3 N–H and O–H groups in total. The lowest BCUT2D eigenvalue weighted by atomic mass is 10.0. The molecule has 40 heavy (non-hydrogen) atoms. The Balaban J connectivity index is 3.69. The molecule has 0 aromatic rings. The molecule has 0 saturated carbocycles. The van der Waals surface area contributed by atoms with Gasteiger partial charge in [0, 0.05) is 6.42 Å². The van der Waals surface area contributed by atoms with E-state index >= 15 is 0 Å². The number of hydrogen-bond donors (Lipinski definition) is 3. The van der Waals surface area contributed by atoms with Crippen LogP contribution in [0.1, 0.15) is 168 Å². The van der Waals surface area contributed by atoms with E-state index in [1.54, 1.807) is 6.08 Å². The molecule has 0 bridgehead atoms. The Labute approximate surface area is 249 Å². The maximum absolute atomic E-state index is 12.3. The van der Waals surface area contributed by atoms with Crippen LogP contribution in [0.5, 0.6) is 0 Å². The summed E-state index contributed by atoms with van der Waals surface area (Å²) in [5.41, 5.74) is 0. The van der Waals surface area contributed by atoms with Crippen molar-refractivity contribution in [1.82, 2.24) is 5.32 Å². The summed E-state index contributed by atoms with van der Waals surface area (Å²) in [6, 6.07) is -0.626. The van der Waals surface area contributed by atoms with Gasteiger partial charge in [-0.05, 0) is 51.4 Å². The molecule has 0 aliphatic rings. The lowest BCUT2D eigenvalue weighted by Gasteiger charge is -2.20. The van der Waals surface area contributed by atoms with Crippen molar-refractivity contribution in [2.75, 3.05) is 6.61 Å². The number of hydrogen-bond acceptors (Lipinski definition) is 3. The Bertz CT molecular complexity index is 613. The number of nitrogens with one attached hydrogen (secondary N) is 1. The number of rotatable bonds is 30. The van der Waals surface area contributed by atoms with Crippen LogP contribution in [0.2, 0.25) is 0 Å². The third kappa shape index (κ3) is 28.1. The molecule has 0 aliphatic carbocycles. The van der Waals surface area contributed by atoms with Gasteiger partial charge in [0.1, 0.15) is 0 Å². The molecule has 0 fully saturated rings. The molecular formula is C36H67NO3. The zero-order chi connectivity index (χ0) is 29.4. The van der Waals surface area contributed by atoms with Gasteiger partial charge in [-0.2, -0.15) is 0 Å².